The van der Waals surface area contributed by atoms with Gasteiger partial charge in [-0.3, -0.25) is 0 Å². The third-order valence-corrected chi connectivity index (χ3v) is 4.88. The summed E-state index contributed by atoms with van der Waals surface area (Å²) in [6, 6.07) is 9.77. The molecule has 0 amide bonds. The first kappa shape index (κ1) is 15.3. The Morgan fingerprint density at radius 1 is 1.04 bits per heavy atom. The summed E-state index contributed by atoms with van der Waals surface area (Å²) in [5, 5.41) is 19.4. The van der Waals surface area contributed by atoms with Crippen LogP contribution in [0.5, 0.6) is 11.5 Å². The molecule has 0 unspecified atom stereocenters. The molecule has 0 spiro atoms. The third-order valence-electron chi connectivity index (χ3n) is 4.88. The van der Waals surface area contributed by atoms with Crippen LogP contribution in [0.25, 0.3) is 11.1 Å². The maximum atomic E-state index is 9.83. The molecule has 1 aliphatic heterocycles. The van der Waals surface area contributed by atoms with Crippen molar-refractivity contribution in [1.82, 2.24) is 4.98 Å². The van der Waals surface area contributed by atoms with Crippen molar-refractivity contribution < 1.29 is 9.47 Å². The molecule has 25 heavy (non-hydrogen) atoms. The zero-order valence-electron chi connectivity index (χ0n) is 13.6. The number of anilines is 1. The molecule has 4 rings (SSSR count). The summed E-state index contributed by atoms with van der Waals surface area (Å²) in [6.07, 6.45) is 4.23. The smallest absolute Gasteiger partial charge is 0.231 e. The monoisotopic (exact) mass is 332 g/mol. The quantitative estimate of drug-likeness (QED) is 0.903. The van der Waals surface area contributed by atoms with Crippen molar-refractivity contribution in [2.24, 2.45) is 0 Å². The van der Waals surface area contributed by atoms with Gasteiger partial charge in [0.2, 0.25) is 6.79 Å². The number of nitrogen functional groups attached to an aromatic ring is 1. The SMILES string of the molecule is N#Cc1c(N)nc(C2CCCC2)c(C#N)c1-c1ccc2c(c1)OCO2. The Morgan fingerprint density at radius 2 is 1.76 bits per heavy atom. The Balaban J connectivity index is 1.96. The van der Waals surface area contributed by atoms with Gasteiger partial charge >= 0.3 is 0 Å². The zero-order valence-corrected chi connectivity index (χ0v) is 13.6. The third kappa shape index (κ3) is 2.43. The van der Waals surface area contributed by atoms with E-state index in [2.05, 4.69) is 17.1 Å². The van der Waals surface area contributed by atoms with Crippen molar-refractivity contribution in [3.05, 3.63) is 35.0 Å². The first-order valence-corrected chi connectivity index (χ1v) is 8.26. The lowest BCUT2D eigenvalue weighted by Gasteiger charge is -2.17. The first-order chi connectivity index (χ1) is 12.2. The van der Waals surface area contributed by atoms with Crippen molar-refractivity contribution in [3.8, 4) is 34.8 Å². The van der Waals surface area contributed by atoms with Gasteiger partial charge in [-0.1, -0.05) is 18.9 Å². The van der Waals surface area contributed by atoms with Crippen molar-refractivity contribution >= 4 is 5.82 Å². The number of rotatable bonds is 2. The van der Waals surface area contributed by atoms with Crippen LogP contribution in [0.15, 0.2) is 18.2 Å². The molecule has 1 aliphatic carbocycles. The minimum absolute atomic E-state index is 0.167. The molecule has 2 aliphatic rings. The molecule has 6 nitrogen and oxygen atoms in total. The molecule has 2 heterocycles. The van der Waals surface area contributed by atoms with Gasteiger partial charge in [-0.15, -0.1) is 0 Å². The molecule has 124 valence electrons. The van der Waals surface area contributed by atoms with E-state index < -0.39 is 0 Å². The molecule has 2 aromatic rings. The minimum atomic E-state index is 0.167. The lowest BCUT2D eigenvalue weighted by Crippen LogP contribution is -2.08. The summed E-state index contributed by atoms with van der Waals surface area (Å²) in [5.41, 5.74) is 8.72. The second-order valence-corrected chi connectivity index (χ2v) is 6.28. The number of nitrogens with zero attached hydrogens (tertiary/aromatic N) is 3. The van der Waals surface area contributed by atoms with Gasteiger partial charge < -0.3 is 15.2 Å². The van der Waals surface area contributed by atoms with Gasteiger partial charge in [-0.25, -0.2) is 4.98 Å². The van der Waals surface area contributed by atoms with Crippen LogP contribution < -0.4 is 15.2 Å². The fourth-order valence-corrected chi connectivity index (χ4v) is 3.68. The molecule has 2 N–H and O–H groups in total. The Hall–Kier alpha value is -3.25. The van der Waals surface area contributed by atoms with Gasteiger partial charge in [0.05, 0.1) is 11.3 Å². The molecule has 6 heteroatoms. The summed E-state index contributed by atoms with van der Waals surface area (Å²) >= 11 is 0. The van der Waals surface area contributed by atoms with Crippen LogP contribution >= 0.6 is 0 Å². The van der Waals surface area contributed by atoms with Crippen molar-refractivity contribution in [2.75, 3.05) is 12.5 Å². The van der Waals surface area contributed by atoms with Gasteiger partial charge in [-0.05, 0) is 30.5 Å². The molecule has 1 fully saturated rings. The largest absolute Gasteiger partial charge is 0.454 e. The predicted molar refractivity (Wildman–Crippen MR) is 90.8 cm³/mol. The second-order valence-electron chi connectivity index (χ2n) is 6.28. The van der Waals surface area contributed by atoms with Crippen LogP contribution in [-0.4, -0.2) is 11.8 Å². The van der Waals surface area contributed by atoms with Crippen LogP contribution in [-0.2, 0) is 0 Å². The number of pyridine rings is 1. The topological polar surface area (TPSA) is 105 Å². The number of ether oxygens (including phenoxy) is 2. The first-order valence-electron chi connectivity index (χ1n) is 8.26. The molecule has 0 saturated heterocycles. The highest BCUT2D eigenvalue weighted by atomic mass is 16.7. The van der Waals surface area contributed by atoms with Gasteiger partial charge in [0.15, 0.2) is 11.5 Å². The van der Waals surface area contributed by atoms with Crippen molar-refractivity contribution in [3.63, 3.8) is 0 Å². The van der Waals surface area contributed by atoms with Gasteiger partial charge in [0, 0.05) is 11.5 Å². The predicted octanol–water partition coefficient (Wildman–Crippen LogP) is 3.46. The molecule has 0 bridgehead atoms. The zero-order chi connectivity index (χ0) is 17.4. The van der Waals surface area contributed by atoms with E-state index in [4.69, 9.17) is 15.2 Å². The standard InChI is InChI=1S/C19H16N4O2/c20-8-13-17(12-5-6-15-16(7-12)25-10-24-15)14(9-21)19(22)23-18(13)11-3-1-2-4-11/h5-7,11H,1-4,10H2,(H2,22,23). The maximum Gasteiger partial charge on any atom is 0.231 e. The lowest BCUT2D eigenvalue weighted by atomic mass is 9.89. The Kier molecular flexibility index (Phi) is 3.66. The highest BCUT2D eigenvalue weighted by Gasteiger charge is 2.28. The number of nitrogens with two attached hydrogens (primary N) is 1. The van der Waals surface area contributed by atoms with Crippen molar-refractivity contribution in [2.45, 2.75) is 31.6 Å². The fourth-order valence-electron chi connectivity index (χ4n) is 3.68. The van der Waals surface area contributed by atoms with Crippen LogP contribution in [0.1, 0.15) is 48.4 Å². The Bertz CT molecular complexity index is 934. The summed E-state index contributed by atoms with van der Waals surface area (Å²) in [5.74, 6) is 1.65. The van der Waals surface area contributed by atoms with E-state index in [9.17, 15) is 10.5 Å². The number of hydrogen-bond donors (Lipinski definition) is 1. The van der Waals surface area contributed by atoms with Crippen LogP contribution in [0.2, 0.25) is 0 Å². The van der Waals surface area contributed by atoms with E-state index in [1.807, 2.05) is 6.07 Å². The summed E-state index contributed by atoms with van der Waals surface area (Å²) in [4.78, 5) is 4.43. The summed E-state index contributed by atoms with van der Waals surface area (Å²) < 4.78 is 10.8. The molecular formula is C19H16N4O2. The number of aromatic nitrogens is 1. The van der Waals surface area contributed by atoms with E-state index in [0.29, 0.717) is 33.9 Å². The number of nitriles is 2. The molecule has 1 aromatic carbocycles. The molecule has 1 aromatic heterocycles. The van der Waals surface area contributed by atoms with E-state index in [0.717, 1.165) is 25.7 Å². The van der Waals surface area contributed by atoms with Crippen molar-refractivity contribution in [1.29, 1.82) is 10.5 Å². The average Bonchev–Trinajstić information content (AvgIpc) is 3.31. The molecular weight excluding hydrogens is 316 g/mol. The summed E-state index contributed by atoms with van der Waals surface area (Å²) in [6.45, 7) is 0.167. The van der Waals surface area contributed by atoms with Gasteiger partial charge in [0.25, 0.3) is 0 Å². The van der Waals surface area contributed by atoms with Crippen LogP contribution in [0.4, 0.5) is 5.82 Å². The molecule has 0 radical (unpaired) electrons. The lowest BCUT2D eigenvalue weighted by molar-refractivity contribution is 0.174. The van der Waals surface area contributed by atoms with E-state index in [1.165, 1.54) is 0 Å². The highest BCUT2D eigenvalue weighted by Crippen LogP contribution is 2.42. The Labute approximate surface area is 145 Å². The maximum absolute atomic E-state index is 9.83. The van der Waals surface area contributed by atoms with Gasteiger partial charge in [0.1, 0.15) is 23.5 Å². The average molecular weight is 332 g/mol. The molecule has 0 atom stereocenters. The fraction of sp³-hybridized carbons (Fsp3) is 0.316. The number of hydrogen-bond acceptors (Lipinski definition) is 6. The van der Waals surface area contributed by atoms with Gasteiger partial charge in [-0.2, -0.15) is 10.5 Å². The number of benzene rings is 1. The van der Waals surface area contributed by atoms with E-state index in [1.54, 1.807) is 12.1 Å². The van der Waals surface area contributed by atoms with Crippen LogP contribution in [0, 0.1) is 22.7 Å². The van der Waals surface area contributed by atoms with E-state index >= 15 is 0 Å². The Morgan fingerprint density at radius 3 is 2.48 bits per heavy atom. The normalized spacial score (nSPS) is 15.8. The van der Waals surface area contributed by atoms with E-state index in [-0.39, 0.29) is 24.1 Å². The minimum Gasteiger partial charge on any atom is -0.454 e. The second kappa shape index (κ2) is 5.99. The highest BCUT2D eigenvalue weighted by molar-refractivity contribution is 5.82. The summed E-state index contributed by atoms with van der Waals surface area (Å²) in [7, 11) is 0. The molecule has 1 saturated carbocycles. The van der Waals surface area contributed by atoms with Crippen LogP contribution in [0.3, 0.4) is 0 Å². The number of fused-ring (bicyclic) bond motifs is 1.